The van der Waals surface area contributed by atoms with Gasteiger partial charge in [-0.1, -0.05) is 0 Å². The van der Waals surface area contributed by atoms with Gasteiger partial charge in [-0.3, -0.25) is 4.79 Å². The van der Waals surface area contributed by atoms with Crippen molar-refractivity contribution in [3.8, 4) is 0 Å². The largest absolute Gasteiger partial charge is 0.493 e. The lowest BCUT2D eigenvalue weighted by Gasteiger charge is -2.17. The van der Waals surface area contributed by atoms with Crippen LogP contribution in [0, 0.1) is 0 Å². The summed E-state index contributed by atoms with van der Waals surface area (Å²) in [6.45, 7) is 1.81. The van der Waals surface area contributed by atoms with Gasteiger partial charge in [0.25, 0.3) is 5.91 Å². The molecule has 0 saturated heterocycles. The molecule has 1 aliphatic rings. The highest BCUT2D eigenvalue weighted by molar-refractivity contribution is 5.96. The monoisotopic (exact) mass is 345 g/mol. The summed E-state index contributed by atoms with van der Waals surface area (Å²) in [7, 11) is 0. The molecule has 1 heterocycles. The zero-order valence-corrected chi connectivity index (χ0v) is 12.6. The molecule has 1 aliphatic heterocycles. The van der Waals surface area contributed by atoms with E-state index in [4.69, 9.17) is 14.2 Å². The molecule has 1 atom stereocenters. The molecule has 0 spiro atoms. The van der Waals surface area contributed by atoms with Gasteiger partial charge in [-0.15, -0.1) is 0 Å². The number of nitrogens with one attached hydrogen (secondary N) is 1. The van der Waals surface area contributed by atoms with E-state index in [0.717, 1.165) is 30.5 Å². The Morgan fingerprint density at radius 2 is 1.88 bits per heavy atom. The lowest BCUT2D eigenvalue weighted by molar-refractivity contribution is -0.153. The van der Waals surface area contributed by atoms with Gasteiger partial charge in [0.2, 0.25) is 5.76 Å². The van der Waals surface area contributed by atoms with Gasteiger partial charge < -0.3 is 19.5 Å². The van der Waals surface area contributed by atoms with Gasteiger partial charge in [-0.05, 0) is 31.2 Å². The number of anilines is 1. The first kappa shape index (κ1) is 17.6. The second-order valence-corrected chi connectivity index (χ2v) is 4.81. The number of ether oxygens (including phenoxy) is 3. The summed E-state index contributed by atoms with van der Waals surface area (Å²) in [5.41, 5.74) is -0.686. The van der Waals surface area contributed by atoms with E-state index in [1.54, 1.807) is 0 Å². The smallest absolute Gasteiger partial charge is 0.416 e. The van der Waals surface area contributed by atoms with Crippen LogP contribution in [0.2, 0.25) is 0 Å². The summed E-state index contributed by atoms with van der Waals surface area (Å²) in [4.78, 5) is 23.6. The Bertz CT molecular complexity index is 640. The normalized spacial score (nSPS) is 15.4. The number of rotatable bonds is 4. The molecule has 0 aromatic heterocycles. The predicted molar refractivity (Wildman–Crippen MR) is 75.6 cm³/mol. The topological polar surface area (TPSA) is 73.9 Å². The highest BCUT2D eigenvalue weighted by Gasteiger charge is 2.30. The van der Waals surface area contributed by atoms with E-state index in [1.165, 1.54) is 6.92 Å². The van der Waals surface area contributed by atoms with Crippen molar-refractivity contribution in [3.63, 3.8) is 0 Å². The van der Waals surface area contributed by atoms with Crippen LogP contribution >= 0.6 is 0 Å². The number of halogens is 3. The van der Waals surface area contributed by atoms with Gasteiger partial charge in [-0.25, -0.2) is 4.79 Å². The molecule has 130 valence electrons. The van der Waals surface area contributed by atoms with Crippen molar-refractivity contribution in [2.75, 3.05) is 18.5 Å². The fourth-order valence-electron chi connectivity index (χ4n) is 1.73. The molecule has 0 bridgehead atoms. The molecule has 0 aliphatic carbocycles. The zero-order valence-electron chi connectivity index (χ0n) is 12.6. The minimum absolute atomic E-state index is 0.146. The van der Waals surface area contributed by atoms with Crippen molar-refractivity contribution in [3.05, 3.63) is 41.9 Å². The standard InChI is InChI=1S/C15H14F3NO5/c1-9(24-14(21)12-8-22-6-7-23-12)13(20)19-11-4-2-10(3-5-11)15(16,17)18/h2-5,8-9H,6-7H2,1H3,(H,19,20)/t9-/m0/s1. The van der Waals surface area contributed by atoms with E-state index in [-0.39, 0.29) is 18.1 Å². The molecule has 0 saturated carbocycles. The summed E-state index contributed by atoms with van der Waals surface area (Å²) in [5, 5.41) is 2.35. The Balaban J connectivity index is 1.91. The first-order chi connectivity index (χ1) is 11.3. The molecular formula is C15H14F3NO5. The van der Waals surface area contributed by atoms with Crippen LogP contribution in [0.5, 0.6) is 0 Å². The van der Waals surface area contributed by atoms with E-state index in [2.05, 4.69) is 5.32 Å². The van der Waals surface area contributed by atoms with E-state index < -0.39 is 29.7 Å². The van der Waals surface area contributed by atoms with E-state index >= 15 is 0 Å². The Morgan fingerprint density at radius 1 is 1.21 bits per heavy atom. The third-order valence-corrected chi connectivity index (χ3v) is 2.98. The molecular weight excluding hydrogens is 331 g/mol. The maximum Gasteiger partial charge on any atom is 0.416 e. The number of hydrogen-bond acceptors (Lipinski definition) is 5. The average molecular weight is 345 g/mol. The van der Waals surface area contributed by atoms with Crippen molar-refractivity contribution in [2.45, 2.75) is 19.2 Å². The molecule has 9 heteroatoms. The average Bonchev–Trinajstić information content (AvgIpc) is 2.55. The number of benzene rings is 1. The number of amides is 1. The number of hydrogen-bond donors (Lipinski definition) is 1. The third-order valence-electron chi connectivity index (χ3n) is 2.98. The number of carbonyl (C=O) groups excluding carboxylic acids is 2. The zero-order chi connectivity index (χ0) is 17.7. The van der Waals surface area contributed by atoms with Crippen molar-refractivity contribution < 1.29 is 37.0 Å². The third kappa shape index (κ3) is 4.64. The Labute approximate surface area is 135 Å². The van der Waals surface area contributed by atoms with Crippen molar-refractivity contribution in [1.82, 2.24) is 0 Å². The molecule has 1 aromatic carbocycles. The summed E-state index contributed by atoms with van der Waals surface area (Å²) in [6.07, 6.45) is -4.54. The summed E-state index contributed by atoms with van der Waals surface area (Å²) < 4.78 is 52.2. The maximum atomic E-state index is 12.5. The molecule has 24 heavy (non-hydrogen) atoms. The van der Waals surface area contributed by atoms with E-state index in [9.17, 15) is 22.8 Å². The number of esters is 1. The SMILES string of the molecule is C[C@H](OC(=O)C1=COCCO1)C(=O)Nc1ccc(C(F)(F)F)cc1. The molecule has 0 unspecified atom stereocenters. The van der Waals surface area contributed by atoms with Gasteiger partial charge in [0.1, 0.15) is 19.5 Å². The van der Waals surface area contributed by atoms with Crippen LogP contribution in [0.25, 0.3) is 0 Å². The minimum Gasteiger partial charge on any atom is -0.493 e. The maximum absolute atomic E-state index is 12.5. The van der Waals surface area contributed by atoms with Crippen molar-refractivity contribution in [1.29, 1.82) is 0 Å². The molecule has 0 fully saturated rings. The van der Waals surface area contributed by atoms with Gasteiger partial charge in [-0.2, -0.15) is 13.2 Å². The van der Waals surface area contributed by atoms with Crippen LogP contribution in [0.15, 0.2) is 36.3 Å². The second-order valence-electron chi connectivity index (χ2n) is 4.81. The van der Waals surface area contributed by atoms with Crippen LogP contribution in [-0.4, -0.2) is 31.2 Å². The Morgan fingerprint density at radius 3 is 2.42 bits per heavy atom. The molecule has 1 amide bonds. The lowest BCUT2D eigenvalue weighted by atomic mass is 10.2. The van der Waals surface area contributed by atoms with Crippen molar-refractivity contribution in [2.24, 2.45) is 0 Å². The Kier molecular flexibility index (Phi) is 5.32. The van der Waals surface area contributed by atoms with E-state index in [0.29, 0.717) is 6.61 Å². The molecule has 0 radical (unpaired) electrons. The van der Waals surface area contributed by atoms with E-state index in [1.807, 2.05) is 0 Å². The van der Waals surface area contributed by atoms with Crippen LogP contribution in [0.3, 0.4) is 0 Å². The Hall–Kier alpha value is -2.71. The summed E-state index contributed by atoms with van der Waals surface area (Å²) >= 11 is 0. The van der Waals surface area contributed by atoms with Gasteiger partial charge >= 0.3 is 12.1 Å². The van der Waals surface area contributed by atoms with Crippen LogP contribution in [0.1, 0.15) is 12.5 Å². The molecule has 1 N–H and O–H groups in total. The molecule has 2 rings (SSSR count). The van der Waals surface area contributed by atoms with Gasteiger partial charge in [0.05, 0.1) is 5.56 Å². The first-order valence-electron chi connectivity index (χ1n) is 6.91. The fraction of sp³-hybridized carbons (Fsp3) is 0.333. The van der Waals surface area contributed by atoms with Gasteiger partial charge in [0, 0.05) is 5.69 Å². The second kappa shape index (κ2) is 7.24. The van der Waals surface area contributed by atoms with Crippen LogP contribution < -0.4 is 5.32 Å². The molecule has 6 nitrogen and oxygen atoms in total. The van der Waals surface area contributed by atoms with Crippen LogP contribution in [0.4, 0.5) is 18.9 Å². The van der Waals surface area contributed by atoms with Crippen LogP contribution in [-0.2, 0) is 30.0 Å². The highest BCUT2D eigenvalue weighted by atomic mass is 19.4. The number of alkyl halides is 3. The predicted octanol–water partition coefficient (Wildman–Crippen LogP) is 2.46. The number of carbonyl (C=O) groups is 2. The quantitative estimate of drug-likeness (QED) is 0.849. The molecule has 1 aromatic rings. The highest BCUT2D eigenvalue weighted by Crippen LogP contribution is 2.29. The summed E-state index contributed by atoms with van der Waals surface area (Å²) in [6, 6.07) is 3.89. The van der Waals surface area contributed by atoms with Gasteiger partial charge in [0.15, 0.2) is 6.10 Å². The summed E-state index contributed by atoms with van der Waals surface area (Å²) in [5.74, 6) is -1.72. The fourth-order valence-corrected chi connectivity index (χ4v) is 1.73. The van der Waals surface area contributed by atoms with Crippen molar-refractivity contribution >= 4 is 17.6 Å². The minimum atomic E-state index is -4.46. The lowest BCUT2D eigenvalue weighted by Crippen LogP contribution is -2.31. The first-order valence-corrected chi connectivity index (χ1v) is 6.91.